The highest BCUT2D eigenvalue weighted by Crippen LogP contribution is 2.23. The van der Waals surface area contributed by atoms with Crippen molar-refractivity contribution in [1.82, 2.24) is 0 Å². The fraction of sp³-hybridized carbons (Fsp3) is 0.462. The monoisotopic (exact) mass is 301 g/mol. The maximum atomic E-state index is 4.32. The average Bonchev–Trinajstić information content (AvgIpc) is 2.22. The Morgan fingerprint density at radius 1 is 1.12 bits per heavy atom. The third kappa shape index (κ3) is 7.94. The van der Waals surface area contributed by atoms with Gasteiger partial charge in [0.05, 0.1) is 0 Å². The Hall–Kier alpha value is -0.280. The van der Waals surface area contributed by atoms with E-state index < -0.39 is 0 Å². The van der Waals surface area contributed by atoms with Gasteiger partial charge in [-0.1, -0.05) is 41.9 Å². The SMILES string of the molecule is CC.CC(C)(C)S/N=C/c1ccc(Br)cc1. The first-order valence-corrected chi connectivity index (χ1v) is 7.01. The van der Waals surface area contributed by atoms with Gasteiger partial charge in [0, 0.05) is 15.4 Å². The fourth-order valence-corrected chi connectivity index (χ4v) is 1.55. The molecule has 16 heavy (non-hydrogen) atoms. The van der Waals surface area contributed by atoms with Gasteiger partial charge in [-0.25, -0.2) is 4.40 Å². The Morgan fingerprint density at radius 3 is 2.06 bits per heavy atom. The summed E-state index contributed by atoms with van der Waals surface area (Å²) in [6.07, 6.45) is 1.89. The number of nitrogens with zero attached hydrogens (tertiary/aromatic N) is 1. The lowest BCUT2D eigenvalue weighted by Crippen LogP contribution is -2.04. The van der Waals surface area contributed by atoms with Crippen LogP contribution in [0.4, 0.5) is 0 Å². The molecule has 0 saturated heterocycles. The molecule has 0 bridgehead atoms. The van der Waals surface area contributed by atoms with Gasteiger partial charge in [0.2, 0.25) is 0 Å². The number of halogens is 1. The highest BCUT2D eigenvalue weighted by Gasteiger charge is 2.08. The van der Waals surface area contributed by atoms with Crippen LogP contribution in [0.2, 0.25) is 0 Å². The predicted molar refractivity (Wildman–Crippen MR) is 80.4 cm³/mol. The molecule has 0 aliphatic rings. The number of hydrogen-bond acceptors (Lipinski definition) is 2. The lowest BCUT2D eigenvalue weighted by molar-refractivity contribution is 0.804. The van der Waals surface area contributed by atoms with Crippen molar-refractivity contribution in [1.29, 1.82) is 0 Å². The van der Waals surface area contributed by atoms with Crippen molar-refractivity contribution in [3.05, 3.63) is 34.3 Å². The molecule has 0 fully saturated rings. The maximum Gasteiger partial charge on any atom is 0.0424 e. The molecule has 0 N–H and O–H groups in total. The van der Waals surface area contributed by atoms with E-state index in [1.54, 1.807) is 11.9 Å². The molecular weight excluding hydrogens is 282 g/mol. The van der Waals surface area contributed by atoms with Gasteiger partial charge in [-0.15, -0.1) is 0 Å². The van der Waals surface area contributed by atoms with E-state index in [2.05, 4.69) is 41.1 Å². The van der Waals surface area contributed by atoms with Crippen LogP contribution in [0, 0.1) is 0 Å². The molecule has 0 spiro atoms. The van der Waals surface area contributed by atoms with Crippen LogP contribution in [-0.4, -0.2) is 11.0 Å². The summed E-state index contributed by atoms with van der Waals surface area (Å²) in [6.45, 7) is 10.4. The summed E-state index contributed by atoms with van der Waals surface area (Å²) < 4.78 is 5.60. The zero-order valence-corrected chi connectivity index (χ0v) is 13.0. The van der Waals surface area contributed by atoms with Gasteiger partial charge in [0.1, 0.15) is 0 Å². The summed E-state index contributed by atoms with van der Waals surface area (Å²) in [5, 5.41) is 0. The van der Waals surface area contributed by atoms with E-state index in [-0.39, 0.29) is 4.75 Å². The van der Waals surface area contributed by atoms with E-state index in [0.717, 1.165) is 10.0 Å². The summed E-state index contributed by atoms with van der Waals surface area (Å²) in [5.74, 6) is 0. The summed E-state index contributed by atoms with van der Waals surface area (Å²) in [6, 6.07) is 8.11. The smallest absolute Gasteiger partial charge is 0.0424 e. The van der Waals surface area contributed by atoms with Gasteiger partial charge < -0.3 is 0 Å². The third-order valence-corrected chi connectivity index (χ3v) is 2.69. The molecule has 1 aromatic carbocycles. The van der Waals surface area contributed by atoms with Crippen molar-refractivity contribution < 1.29 is 0 Å². The summed E-state index contributed by atoms with van der Waals surface area (Å²) >= 11 is 4.99. The van der Waals surface area contributed by atoms with Gasteiger partial charge >= 0.3 is 0 Å². The summed E-state index contributed by atoms with van der Waals surface area (Å²) in [7, 11) is 0. The zero-order chi connectivity index (χ0) is 12.6. The Labute approximate surface area is 112 Å². The normalized spacial score (nSPS) is 11.1. The van der Waals surface area contributed by atoms with Crippen LogP contribution in [-0.2, 0) is 0 Å². The van der Waals surface area contributed by atoms with E-state index in [0.29, 0.717) is 0 Å². The van der Waals surface area contributed by atoms with Gasteiger partial charge in [-0.3, -0.25) is 0 Å². The number of benzene rings is 1. The highest BCUT2D eigenvalue weighted by atomic mass is 79.9. The highest BCUT2D eigenvalue weighted by molar-refractivity contribution is 9.10. The second-order valence-corrected chi connectivity index (χ2v) is 6.52. The summed E-state index contributed by atoms with van der Waals surface area (Å²) in [4.78, 5) is 0. The van der Waals surface area contributed by atoms with Crippen LogP contribution in [0.25, 0.3) is 0 Å². The number of hydrogen-bond donors (Lipinski definition) is 0. The second kappa shape index (κ2) is 7.91. The number of rotatable bonds is 2. The standard InChI is InChI=1S/C11H14BrNS.C2H6/c1-11(2,3)14-13-8-9-4-6-10(12)7-5-9;1-2/h4-8H,1-3H3;1-2H3/b13-8+;. The Kier molecular flexibility index (Phi) is 7.77. The van der Waals surface area contributed by atoms with Crippen molar-refractivity contribution in [3.63, 3.8) is 0 Å². The maximum absolute atomic E-state index is 4.32. The molecule has 0 unspecified atom stereocenters. The first kappa shape index (κ1) is 15.7. The molecular formula is C13H20BrNS. The van der Waals surface area contributed by atoms with E-state index in [4.69, 9.17) is 0 Å². The van der Waals surface area contributed by atoms with Gasteiger partial charge in [-0.2, -0.15) is 0 Å². The Morgan fingerprint density at radius 2 is 1.62 bits per heavy atom. The second-order valence-electron chi connectivity index (χ2n) is 3.99. The van der Waals surface area contributed by atoms with Gasteiger partial charge in [-0.05, 0) is 50.4 Å². The molecule has 0 radical (unpaired) electrons. The quantitative estimate of drug-likeness (QED) is 0.530. The van der Waals surface area contributed by atoms with Crippen molar-refractivity contribution in [2.24, 2.45) is 4.40 Å². The zero-order valence-electron chi connectivity index (χ0n) is 10.6. The molecule has 0 saturated carbocycles. The van der Waals surface area contributed by atoms with Crippen molar-refractivity contribution in [2.45, 2.75) is 39.4 Å². The van der Waals surface area contributed by atoms with E-state index in [1.165, 1.54) is 0 Å². The van der Waals surface area contributed by atoms with E-state index >= 15 is 0 Å². The Balaban J connectivity index is 0.00000106. The van der Waals surface area contributed by atoms with Gasteiger partial charge in [0.15, 0.2) is 0 Å². The molecule has 0 atom stereocenters. The molecule has 0 heterocycles. The van der Waals surface area contributed by atoms with Crippen LogP contribution in [0.1, 0.15) is 40.2 Å². The van der Waals surface area contributed by atoms with Crippen LogP contribution in [0.5, 0.6) is 0 Å². The summed E-state index contributed by atoms with van der Waals surface area (Å²) in [5.41, 5.74) is 1.13. The molecule has 90 valence electrons. The molecule has 1 rings (SSSR count). The molecule has 1 nitrogen and oxygen atoms in total. The molecule has 3 heteroatoms. The van der Waals surface area contributed by atoms with Crippen molar-refractivity contribution in [3.8, 4) is 0 Å². The lowest BCUT2D eigenvalue weighted by atomic mass is 10.2. The van der Waals surface area contributed by atoms with Crippen LogP contribution in [0.15, 0.2) is 33.1 Å². The minimum Gasteiger partial charge on any atom is -0.223 e. The third-order valence-electron chi connectivity index (χ3n) is 1.40. The Bertz CT molecular complexity index is 312. The molecule has 1 aromatic rings. The van der Waals surface area contributed by atoms with Crippen molar-refractivity contribution in [2.75, 3.05) is 0 Å². The van der Waals surface area contributed by atoms with Crippen molar-refractivity contribution >= 4 is 34.1 Å². The predicted octanol–water partition coefficient (Wildman–Crippen LogP) is 5.34. The van der Waals surface area contributed by atoms with Gasteiger partial charge in [0.25, 0.3) is 0 Å². The molecule has 0 aliphatic carbocycles. The van der Waals surface area contributed by atoms with Crippen LogP contribution in [0.3, 0.4) is 0 Å². The molecule has 0 amide bonds. The lowest BCUT2D eigenvalue weighted by Gasteiger charge is -2.12. The molecule has 0 aliphatic heterocycles. The minimum absolute atomic E-state index is 0.186. The fourth-order valence-electron chi connectivity index (χ4n) is 0.794. The van der Waals surface area contributed by atoms with Crippen LogP contribution < -0.4 is 0 Å². The minimum atomic E-state index is 0.186. The molecule has 0 aromatic heterocycles. The van der Waals surface area contributed by atoms with Crippen LogP contribution >= 0.6 is 27.9 Å². The first-order valence-electron chi connectivity index (χ1n) is 5.44. The van der Waals surface area contributed by atoms with E-state index in [1.807, 2.05) is 44.3 Å². The average molecular weight is 302 g/mol. The topological polar surface area (TPSA) is 12.4 Å². The largest absolute Gasteiger partial charge is 0.223 e. The first-order chi connectivity index (χ1) is 7.47. The van der Waals surface area contributed by atoms with E-state index in [9.17, 15) is 0 Å².